The van der Waals surface area contributed by atoms with E-state index in [1.807, 2.05) is 48.5 Å². The highest BCUT2D eigenvalue weighted by Crippen LogP contribution is 2.42. The lowest BCUT2D eigenvalue weighted by Gasteiger charge is -2.27. The molecule has 8 nitrogen and oxygen atoms in total. The van der Waals surface area contributed by atoms with Crippen molar-refractivity contribution in [2.24, 2.45) is 0 Å². The second kappa shape index (κ2) is 19.9. The molecule has 4 aromatic carbocycles. The summed E-state index contributed by atoms with van der Waals surface area (Å²) in [6.07, 6.45) is 2.16. The van der Waals surface area contributed by atoms with Crippen molar-refractivity contribution >= 4 is 79.4 Å². The first kappa shape index (κ1) is 46.4. The lowest BCUT2D eigenvalue weighted by Crippen LogP contribution is -2.19. The molecule has 0 aliphatic carbocycles. The summed E-state index contributed by atoms with van der Waals surface area (Å²) in [6, 6.07) is 21.9. The van der Waals surface area contributed by atoms with Gasteiger partial charge in [0.15, 0.2) is 38.5 Å². The molecule has 5 rings (SSSR count). The minimum atomic E-state index is -3.49. The van der Waals surface area contributed by atoms with Gasteiger partial charge in [-0.3, -0.25) is 0 Å². The summed E-state index contributed by atoms with van der Waals surface area (Å²) < 4.78 is 45.3. The van der Waals surface area contributed by atoms with E-state index in [0.717, 1.165) is 34.9 Å². The number of phenolic OH excluding ortho intramolecular Hbond substituents is 1. The van der Waals surface area contributed by atoms with E-state index >= 15 is 0 Å². The number of phenols is 1. The number of alkyl halides is 2. The number of halogens is 6. The third-order valence-electron chi connectivity index (χ3n) is 8.58. The Bertz CT molecular complexity index is 2090. The maximum Gasteiger partial charge on any atom is 0.200 e. The first-order chi connectivity index (χ1) is 25.4. The molecule has 1 heterocycles. The Morgan fingerprint density at radius 3 is 1.45 bits per heavy atom. The molecule has 1 aromatic heterocycles. The lowest BCUT2D eigenvalue weighted by molar-refractivity contribution is 0.265. The van der Waals surface area contributed by atoms with Gasteiger partial charge in [-0.2, -0.15) is 0 Å². The van der Waals surface area contributed by atoms with Crippen molar-refractivity contribution in [1.29, 1.82) is 0 Å². The predicted molar refractivity (Wildman–Crippen MR) is 225 cm³/mol. The number of nitrogens with zero attached hydrogens (tertiary/aromatic N) is 1. The number of sulfone groups is 1. The van der Waals surface area contributed by atoms with Crippen LogP contribution < -0.4 is 14.2 Å². The standard InChI is InChI=1S/C22H22Cl3NO5S.C17H17Cl3O2.CH4/c1-22(2,15-10-17(24)20(18(25)11-15)29-9-8-23)14-4-6-16(7-5-14)30-12-19-21(26-13-31-19)32(3,27)28;1-17(2,11-3-5-13(21)6-4-11)12-9-14(19)16(15(20)10-12)22-8-7-18;/h4-7,10-11,13H,8-9,12H2,1-3H3;3-6,9-10,21H,7-8H2,1-2H3;1H4. The Morgan fingerprint density at radius 1 is 0.673 bits per heavy atom. The van der Waals surface area contributed by atoms with E-state index in [0.29, 0.717) is 62.3 Å². The quantitative estimate of drug-likeness (QED) is 0.110. The van der Waals surface area contributed by atoms with Gasteiger partial charge in [-0.25, -0.2) is 13.4 Å². The minimum Gasteiger partial charge on any atom is -0.508 e. The molecule has 0 amide bonds. The maximum absolute atomic E-state index is 11.7. The van der Waals surface area contributed by atoms with Crippen LogP contribution in [-0.4, -0.2) is 49.7 Å². The molecule has 0 saturated carbocycles. The summed E-state index contributed by atoms with van der Waals surface area (Å²) in [7, 11) is -3.49. The number of benzene rings is 4. The molecular formula is C40H43Cl6NO7S. The third-order valence-corrected chi connectivity index (χ3v) is 11.0. The van der Waals surface area contributed by atoms with Gasteiger partial charge in [-0.05, 0) is 70.8 Å². The molecule has 0 atom stereocenters. The van der Waals surface area contributed by atoms with Crippen molar-refractivity contribution in [3.8, 4) is 23.0 Å². The molecule has 15 heteroatoms. The molecule has 0 aliphatic heterocycles. The summed E-state index contributed by atoms with van der Waals surface area (Å²) in [5, 5.41) is 11.1. The average molecular weight is 895 g/mol. The maximum atomic E-state index is 11.7. The summed E-state index contributed by atoms with van der Waals surface area (Å²) in [4.78, 5) is 3.74. The summed E-state index contributed by atoms with van der Waals surface area (Å²) in [5.74, 6) is 2.51. The number of hydrogen-bond acceptors (Lipinski definition) is 8. The van der Waals surface area contributed by atoms with E-state index < -0.39 is 15.3 Å². The van der Waals surface area contributed by atoms with Gasteiger partial charge in [0.1, 0.15) is 31.3 Å². The van der Waals surface area contributed by atoms with Crippen LogP contribution in [0.1, 0.15) is 63.1 Å². The van der Waals surface area contributed by atoms with Crippen molar-refractivity contribution in [3.05, 3.63) is 127 Å². The molecule has 5 aromatic rings. The molecule has 0 radical (unpaired) electrons. The van der Waals surface area contributed by atoms with Gasteiger partial charge >= 0.3 is 0 Å². The molecule has 55 heavy (non-hydrogen) atoms. The monoisotopic (exact) mass is 891 g/mol. The number of hydrogen-bond donors (Lipinski definition) is 1. The number of oxazole rings is 1. The van der Waals surface area contributed by atoms with Crippen LogP contribution in [0.2, 0.25) is 20.1 Å². The Labute approximate surface area is 353 Å². The van der Waals surface area contributed by atoms with Gasteiger partial charge in [-0.15, -0.1) is 23.2 Å². The Kier molecular flexibility index (Phi) is 16.8. The second-order valence-corrected chi connectivity index (χ2v) is 17.4. The van der Waals surface area contributed by atoms with Gasteiger partial charge in [0.05, 0.1) is 31.9 Å². The molecule has 0 unspecified atom stereocenters. The highest BCUT2D eigenvalue weighted by Gasteiger charge is 2.27. The zero-order valence-electron chi connectivity index (χ0n) is 30.1. The number of aromatic nitrogens is 1. The Balaban J connectivity index is 0.000000310. The van der Waals surface area contributed by atoms with Crippen LogP contribution in [0.5, 0.6) is 23.0 Å². The van der Waals surface area contributed by atoms with Crippen molar-refractivity contribution in [2.45, 2.75) is 57.6 Å². The van der Waals surface area contributed by atoms with E-state index in [2.05, 4.69) is 32.7 Å². The van der Waals surface area contributed by atoms with Crippen molar-refractivity contribution in [1.82, 2.24) is 4.98 Å². The van der Waals surface area contributed by atoms with Crippen LogP contribution >= 0.6 is 69.6 Å². The van der Waals surface area contributed by atoms with Crippen molar-refractivity contribution in [2.75, 3.05) is 31.2 Å². The normalized spacial score (nSPS) is 11.6. The molecule has 0 aliphatic rings. The van der Waals surface area contributed by atoms with Gasteiger partial charge in [-0.1, -0.05) is 106 Å². The summed E-state index contributed by atoms with van der Waals surface area (Å²) in [5.41, 5.74) is 3.21. The van der Waals surface area contributed by atoms with Gasteiger partial charge in [0.25, 0.3) is 0 Å². The van der Waals surface area contributed by atoms with Gasteiger partial charge in [0, 0.05) is 17.1 Å². The molecule has 0 bridgehead atoms. The number of rotatable bonds is 14. The molecule has 298 valence electrons. The summed E-state index contributed by atoms with van der Waals surface area (Å²) >= 11 is 36.7. The molecule has 0 fully saturated rings. The van der Waals surface area contributed by atoms with E-state index in [9.17, 15) is 13.5 Å². The van der Waals surface area contributed by atoms with E-state index in [1.165, 1.54) is 0 Å². The SMILES string of the molecule is C.CC(C)(c1ccc(O)cc1)c1cc(Cl)c(OCCCl)c(Cl)c1.CC(C)(c1ccc(OCc2ocnc2S(C)(=O)=O)cc1)c1cc(Cl)c(OCCCl)c(Cl)c1. The zero-order chi connectivity index (χ0) is 39.8. The van der Waals surface area contributed by atoms with Crippen LogP contribution in [-0.2, 0) is 27.3 Å². The summed E-state index contributed by atoms with van der Waals surface area (Å²) in [6.45, 7) is 8.85. The van der Waals surface area contributed by atoms with Crippen LogP contribution in [0, 0.1) is 0 Å². The first-order valence-electron chi connectivity index (χ1n) is 16.4. The van der Waals surface area contributed by atoms with E-state index in [4.69, 9.17) is 88.2 Å². The van der Waals surface area contributed by atoms with Gasteiger partial charge < -0.3 is 23.7 Å². The minimum absolute atomic E-state index is 0. The topological polar surface area (TPSA) is 108 Å². The highest BCUT2D eigenvalue weighted by atomic mass is 35.5. The molecule has 0 saturated heterocycles. The smallest absolute Gasteiger partial charge is 0.200 e. The lowest BCUT2D eigenvalue weighted by atomic mass is 9.78. The Morgan fingerprint density at radius 2 is 1.07 bits per heavy atom. The molecular weight excluding hydrogens is 851 g/mol. The first-order valence-corrected chi connectivity index (χ1v) is 20.9. The van der Waals surface area contributed by atoms with Crippen LogP contribution in [0.4, 0.5) is 0 Å². The number of aromatic hydroxyl groups is 1. The second-order valence-electron chi connectivity index (χ2n) is 13.1. The molecule has 0 spiro atoms. The average Bonchev–Trinajstić information content (AvgIpc) is 3.61. The zero-order valence-corrected chi connectivity index (χ0v) is 35.4. The van der Waals surface area contributed by atoms with E-state index in [-0.39, 0.29) is 36.0 Å². The van der Waals surface area contributed by atoms with E-state index in [1.54, 1.807) is 24.3 Å². The fourth-order valence-electron chi connectivity index (χ4n) is 5.39. The van der Waals surface area contributed by atoms with Gasteiger partial charge in [0.2, 0.25) is 0 Å². The van der Waals surface area contributed by atoms with Crippen molar-refractivity contribution < 1.29 is 32.2 Å². The highest BCUT2D eigenvalue weighted by molar-refractivity contribution is 7.90. The number of ether oxygens (including phenoxy) is 3. The van der Waals surface area contributed by atoms with Crippen LogP contribution in [0.3, 0.4) is 0 Å². The fraction of sp³-hybridized carbons (Fsp3) is 0.325. The Hall–Kier alpha value is -3.02. The largest absolute Gasteiger partial charge is 0.508 e. The molecule has 1 N–H and O–H groups in total. The van der Waals surface area contributed by atoms with Crippen molar-refractivity contribution in [3.63, 3.8) is 0 Å². The fourth-order valence-corrected chi connectivity index (χ4v) is 7.49. The van der Waals surface area contributed by atoms with Crippen LogP contribution in [0.15, 0.2) is 88.6 Å². The third kappa shape index (κ3) is 11.8. The predicted octanol–water partition coefficient (Wildman–Crippen LogP) is 12.2. The van der Waals surface area contributed by atoms with Crippen LogP contribution in [0.25, 0.3) is 0 Å².